The number of anilines is 1. The van der Waals surface area contributed by atoms with Crippen LogP contribution in [0.25, 0.3) is 16.6 Å². The maximum absolute atomic E-state index is 12.7. The molecule has 2 aromatic heterocycles. The molecule has 6 nitrogen and oxygen atoms in total. The fourth-order valence-electron chi connectivity index (χ4n) is 4.01. The third-order valence-corrected chi connectivity index (χ3v) is 5.21. The van der Waals surface area contributed by atoms with Gasteiger partial charge in [0.2, 0.25) is 0 Å². The second-order valence-corrected chi connectivity index (χ2v) is 7.10. The number of benzene rings is 2. The molecule has 3 heterocycles. The van der Waals surface area contributed by atoms with Crippen LogP contribution < -0.4 is 15.8 Å². The lowest BCUT2D eigenvalue weighted by Crippen LogP contribution is -2.18. The summed E-state index contributed by atoms with van der Waals surface area (Å²) in [5.41, 5.74) is 9.91. The molecule has 0 saturated carbocycles. The van der Waals surface area contributed by atoms with Crippen LogP contribution in [0.15, 0.2) is 67.0 Å². The van der Waals surface area contributed by atoms with E-state index in [1.54, 1.807) is 16.8 Å². The standard InChI is InChI=1S/C22H15F3N4O2/c23-22(24,25)31-13-5-3-4-12(10-13)19-15-8-9-29-20(15)18(16(11-27-29)21(26)30)14-6-1-2-7-17(14)28-19/h1-11,19,28H,(H2,26,30). The van der Waals surface area contributed by atoms with Gasteiger partial charge in [0.25, 0.3) is 5.91 Å². The molecule has 4 aromatic rings. The lowest BCUT2D eigenvalue weighted by atomic mass is 9.96. The Bertz CT molecular complexity index is 1330. The molecule has 0 radical (unpaired) electrons. The van der Waals surface area contributed by atoms with E-state index in [0.717, 1.165) is 11.1 Å². The van der Waals surface area contributed by atoms with Crippen LogP contribution in [0, 0.1) is 0 Å². The van der Waals surface area contributed by atoms with Crippen LogP contribution in [0.2, 0.25) is 0 Å². The Labute approximate surface area is 174 Å². The van der Waals surface area contributed by atoms with Gasteiger partial charge in [0.15, 0.2) is 0 Å². The Morgan fingerprint density at radius 1 is 1.13 bits per heavy atom. The van der Waals surface area contributed by atoms with Crippen molar-refractivity contribution in [3.8, 4) is 16.9 Å². The number of hydrogen-bond acceptors (Lipinski definition) is 4. The Hall–Kier alpha value is -4.01. The summed E-state index contributed by atoms with van der Waals surface area (Å²) in [5, 5.41) is 7.68. The van der Waals surface area contributed by atoms with E-state index in [2.05, 4.69) is 15.2 Å². The summed E-state index contributed by atoms with van der Waals surface area (Å²) in [6, 6.07) is 14.5. The van der Waals surface area contributed by atoms with Crippen molar-refractivity contribution >= 4 is 17.1 Å². The number of nitrogens with one attached hydrogen (secondary N) is 1. The fraction of sp³-hybridized carbons (Fsp3) is 0.0909. The number of para-hydroxylation sites is 1. The van der Waals surface area contributed by atoms with Gasteiger partial charge in [-0.25, -0.2) is 4.52 Å². The first-order valence-corrected chi connectivity index (χ1v) is 9.33. The number of amides is 1. The summed E-state index contributed by atoms with van der Waals surface area (Å²) in [5.74, 6) is -0.935. The van der Waals surface area contributed by atoms with E-state index in [9.17, 15) is 18.0 Å². The average Bonchev–Trinajstić information content (AvgIpc) is 3.07. The first-order valence-electron chi connectivity index (χ1n) is 9.33. The topological polar surface area (TPSA) is 81.7 Å². The van der Waals surface area contributed by atoms with E-state index in [1.165, 1.54) is 24.4 Å². The molecule has 1 unspecified atom stereocenters. The molecule has 0 aliphatic carbocycles. The van der Waals surface area contributed by atoms with Crippen molar-refractivity contribution in [1.82, 2.24) is 9.61 Å². The van der Waals surface area contributed by atoms with Crippen molar-refractivity contribution in [2.45, 2.75) is 12.4 Å². The van der Waals surface area contributed by atoms with Crippen LogP contribution in [0.1, 0.15) is 27.5 Å². The molecule has 0 spiro atoms. The minimum atomic E-state index is -4.79. The lowest BCUT2D eigenvalue weighted by molar-refractivity contribution is -0.274. The van der Waals surface area contributed by atoms with Crippen molar-refractivity contribution in [3.05, 3.63) is 83.7 Å². The number of carbonyl (C=O) groups is 1. The van der Waals surface area contributed by atoms with Gasteiger partial charge in [0.1, 0.15) is 5.75 Å². The number of nitrogens with two attached hydrogens (primary N) is 1. The van der Waals surface area contributed by atoms with Gasteiger partial charge in [0, 0.05) is 28.6 Å². The van der Waals surface area contributed by atoms with E-state index in [4.69, 9.17) is 5.73 Å². The average molecular weight is 424 g/mol. The van der Waals surface area contributed by atoms with Gasteiger partial charge in [-0.05, 0) is 29.8 Å². The number of ether oxygens (including phenoxy) is 1. The predicted octanol–water partition coefficient (Wildman–Crippen LogP) is 4.51. The van der Waals surface area contributed by atoms with E-state index in [0.29, 0.717) is 22.3 Å². The van der Waals surface area contributed by atoms with Crippen LogP contribution in [0.4, 0.5) is 18.9 Å². The monoisotopic (exact) mass is 424 g/mol. The summed E-state index contributed by atoms with van der Waals surface area (Å²) < 4.78 is 43.9. The number of aromatic nitrogens is 2. The van der Waals surface area contributed by atoms with Crippen LogP contribution in [0.5, 0.6) is 5.75 Å². The molecule has 3 N–H and O–H groups in total. The number of fused-ring (bicyclic) bond motifs is 2. The van der Waals surface area contributed by atoms with E-state index < -0.39 is 18.3 Å². The molecule has 1 aliphatic heterocycles. The molecule has 1 atom stereocenters. The number of alkyl halides is 3. The molecule has 0 bridgehead atoms. The Morgan fingerprint density at radius 3 is 2.71 bits per heavy atom. The molecule has 1 amide bonds. The number of primary amides is 1. The second kappa shape index (κ2) is 6.76. The maximum Gasteiger partial charge on any atom is 0.573 e. The van der Waals surface area contributed by atoms with Gasteiger partial charge in [-0.2, -0.15) is 5.10 Å². The summed E-state index contributed by atoms with van der Waals surface area (Å²) in [6.07, 6.45) is -1.64. The molecule has 0 saturated heterocycles. The predicted molar refractivity (Wildman–Crippen MR) is 108 cm³/mol. The van der Waals surface area contributed by atoms with Crippen LogP contribution in [0.3, 0.4) is 0 Å². The minimum Gasteiger partial charge on any atom is -0.406 e. The quantitative estimate of drug-likeness (QED) is 0.507. The molecular formula is C22H15F3N4O2. The molecule has 1 aliphatic rings. The molecule has 31 heavy (non-hydrogen) atoms. The normalized spacial score (nSPS) is 15.1. The van der Waals surface area contributed by atoms with Crippen molar-refractivity contribution < 1.29 is 22.7 Å². The van der Waals surface area contributed by atoms with E-state index in [1.807, 2.05) is 30.3 Å². The third-order valence-electron chi connectivity index (χ3n) is 5.21. The van der Waals surface area contributed by atoms with Gasteiger partial charge in [-0.3, -0.25) is 4.79 Å². The zero-order valence-electron chi connectivity index (χ0n) is 15.9. The molecular weight excluding hydrogens is 409 g/mol. The van der Waals surface area contributed by atoms with Gasteiger partial charge in [-0.15, -0.1) is 13.2 Å². The van der Waals surface area contributed by atoms with E-state index >= 15 is 0 Å². The zero-order chi connectivity index (χ0) is 21.8. The Balaban J connectivity index is 1.76. The summed E-state index contributed by atoms with van der Waals surface area (Å²) in [6.45, 7) is 0. The lowest BCUT2D eigenvalue weighted by Gasteiger charge is -2.20. The summed E-state index contributed by atoms with van der Waals surface area (Å²) in [7, 11) is 0. The van der Waals surface area contributed by atoms with Crippen molar-refractivity contribution in [1.29, 1.82) is 0 Å². The number of nitrogens with zero attached hydrogens (tertiary/aromatic N) is 2. The van der Waals surface area contributed by atoms with Crippen LogP contribution in [-0.2, 0) is 0 Å². The number of hydrogen-bond donors (Lipinski definition) is 2. The highest BCUT2D eigenvalue weighted by atomic mass is 19.4. The highest BCUT2D eigenvalue weighted by Gasteiger charge is 2.32. The first kappa shape index (κ1) is 19.0. The van der Waals surface area contributed by atoms with Crippen molar-refractivity contribution in [2.75, 3.05) is 5.32 Å². The highest BCUT2D eigenvalue weighted by Crippen LogP contribution is 2.44. The van der Waals surface area contributed by atoms with E-state index in [-0.39, 0.29) is 11.3 Å². The van der Waals surface area contributed by atoms with Crippen molar-refractivity contribution in [2.24, 2.45) is 5.73 Å². The molecule has 9 heteroatoms. The smallest absolute Gasteiger partial charge is 0.406 e. The third kappa shape index (κ3) is 3.24. The Kier molecular flexibility index (Phi) is 4.14. The van der Waals surface area contributed by atoms with Crippen LogP contribution >= 0.6 is 0 Å². The summed E-state index contributed by atoms with van der Waals surface area (Å²) in [4.78, 5) is 12.2. The van der Waals surface area contributed by atoms with Gasteiger partial charge in [0.05, 0.1) is 23.3 Å². The SMILES string of the molecule is NC(=O)c1cnn2ccc3c2c1-c1ccccc1NC3c1cccc(OC(F)(F)F)c1. The fourth-order valence-corrected chi connectivity index (χ4v) is 4.01. The molecule has 156 valence electrons. The largest absolute Gasteiger partial charge is 0.573 e. The number of halogens is 3. The minimum absolute atomic E-state index is 0.261. The number of rotatable bonds is 3. The highest BCUT2D eigenvalue weighted by molar-refractivity contribution is 6.06. The van der Waals surface area contributed by atoms with Crippen molar-refractivity contribution in [3.63, 3.8) is 0 Å². The van der Waals surface area contributed by atoms with Gasteiger partial charge in [-0.1, -0.05) is 30.3 Å². The van der Waals surface area contributed by atoms with Gasteiger partial charge < -0.3 is 15.8 Å². The molecule has 5 rings (SSSR count). The summed E-state index contributed by atoms with van der Waals surface area (Å²) >= 11 is 0. The molecule has 0 fully saturated rings. The first-order chi connectivity index (χ1) is 14.8. The second-order valence-electron chi connectivity index (χ2n) is 7.10. The number of carbonyl (C=O) groups excluding carboxylic acids is 1. The molecule has 2 aromatic carbocycles. The Morgan fingerprint density at radius 2 is 1.94 bits per heavy atom. The van der Waals surface area contributed by atoms with Gasteiger partial charge >= 0.3 is 6.36 Å². The zero-order valence-corrected chi connectivity index (χ0v) is 15.9. The van der Waals surface area contributed by atoms with Crippen LogP contribution in [-0.4, -0.2) is 21.9 Å². The maximum atomic E-state index is 12.7.